The fourth-order valence-corrected chi connectivity index (χ4v) is 2.07. The molecular formula is C16H11N5O. The lowest BCUT2D eigenvalue weighted by atomic mass is 10.2. The van der Waals surface area contributed by atoms with Gasteiger partial charge in [0.2, 0.25) is 0 Å². The van der Waals surface area contributed by atoms with Crippen LogP contribution in [0.5, 0.6) is 11.8 Å². The highest BCUT2D eigenvalue weighted by Crippen LogP contribution is 2.19. The number of hydrogen-bond acceptors (Lipinski definition) is 5. The van der Waals surface area contributed by atoms with Crippen molar-refractivity contribution in [3.05, 3.63) is 67.5 Å². The highest BCUT2D eigenvalue weighted by atomic mass is 16.5. The van der Waals surface area contributed by atoms with E-state index in [0.29, 0.717) is 11.8 Å². The van der Waals surface area contributed by atoms with Gasteiger partial charge in [0.25, 0.3) is 0 Å². The molecule has 0 atom stereocenters. The van der Waals surface area contributed by atoms with Crippen molar-refractivity contribution in [1.82, 2.24) is 24.3 Å². The molecule has 22 heavy (non-hydrogen) atoms. The van der Waals surface area contributed by atoms with E-state index in [1.165, 1.54) is 0 Å². The molecule has 6 nitrogen and oxygen atoms in total. The van der Waals surface area contributed by atoms with Gasteiger partial charge in [0.05, 0.1) is 11.9 Å². The van der Waals surface area contributed by atoms with Crippen LogP contribution in [0.15, 0.2) is 67.5 Å². The van der Waals surface area contributed by atoms with E-state index in [4.69, 9.17) is 4.74 Å². The van der Waals surface area contributed by atoms with E-state index in [2.05, 4.69) is 19.9 Å². The van der Waals surface area contributed by atoms with E-state index in [1.54, 1.807) is 24.8 Å². The average molecular weight is 289 g/mol. The Balaban J connectivity index is 1.61. The normalized spacial score (nSPS) is 10.7. The van der Waals surface area contributed by atoms with Gasteiger partial charge in [-0.2, -0.15) is 0 Å². The number of aromatic nitrogens is 5. The van der Waals surface area contributed by atoms with Crippen molar-refractivity contribution in [2.75, 3.05) is 0 Å². The molecule has 4 rings (SSSR count). The lowest BCUT2D eigenvalue weighted by Gasteiger charge is -2.04. The second-order valence-corrected chi connectivity index (χ2v) is 4.63. The van der Waals surface area contributed by atoms with Crippen molar-refractivity contribution in [2.24, 2.45) is 0 Å². The molecule has 0 aliphatic rings. The topological polar surface area (TPSA) is 65.2 Å². The van der Waals surface area contributed by atoms with Gasteiger partial charge >= 0.3 is 6.01 Å². The second-order valence-electron chi connectivity index (χ2n) is 4.63. The summed E-state index contributed by atoms with van der Waals surface area (Å²) >= 11 is 0. The average Bonchev–Trinajstić information content (AvgIpc) is 3.04. The summed E-state index contributed by atoms with van der Waals surface area (Å²) in [6.45, 7) is 0. The third kappa shape index (κ3) is 2.37. The van der Waals surface area contributed by atoms with Crippen LogP contribution < -0.4 is 4.74 Å². The lowest BCUT2D eigenvalue weighted by molar-refractivity contribution is 0.442. The first-order chi connectivity index (χ1) is 10.9. The van der Waals surface area contributed by atoms with Gasteiger partial charge < -0.3 is 9.14 Å². The van der Waals surface area contributed by atoms with Crippen LogP contribution in [0, 0.1) is 0 Å². The van der Waals surface area contributed by atoms with E-state index < -0.39 is 0 Å². The molecule has 0 saturated carbocycles. The van der Waals surface area contributed by atoms with Crippen molar-refractivity contribution in [2.45, 2.75) is 0 Å². The molecule has 0 unspecified atom stereocenters. The molecule has 0 bridgehead atoms. The maximum absolute atomic E-state index is 5.57. The maximum atomic E-state index is 5.57. The third-order valence-electron chi connectivity index (χ3n) is 3.16. The van der Waals surface area contributed by atoms with Crippen molar-refractivity contribution in [3.63, 3.8) is 0 Å². The highest BCUT2D eigenvalue weighted by Gasteiger charge is 2.05. The maximum Gasteiger partial charge on any atom is 0.321 e. The van der Waals surface area contributed by atoms with Gasteiger partial charge in [-0.3, -0.25) is 4.98 Å². The molecular weight excluding hydrogens is 278 g/mol. The van der Waals surface area contributed by atoms with Gasteiger partial charge in [-0.1, -0.05) is 18.2 Å². The molecule has 0 spiro atoms. The first kappa shape index (κ1) is 12.5. The molecule has 3 heterocycles. The fraction of sp³-hybridized carbons (Fsp3) is 0. The Morgan fingerprint density at radius 2 is 1.68 bits per heavy atom. The standard InChI is InChI=1S/C16H11N5O/c1-2-4-13(5-3-1)22-16-19-8-12(9-20-16)14-11-21-7-6-17-15(21)10-18-14/h1-11H. The summed E-state index contributed by atoms with van der Waals surface area (Å²) < 4.78 is 7.47. The van der Waals surface area contributed by atoms with Crippen molar-refractivity contribution >= 4 is 5.65 Å². The number of imidazole rings is 1. The number of rotatable bonds is 3. The lowest BCUT2D eigenvalue weighted by Crippen LogP contribution is -1.94. The molecule has 4 aromatic rings. The minimum atomic E-state index is 0.304. The zero-order valence-electron chi connectivity index (χ0n) is 11.5. The fourth-order valence-electron chi connectivity index (χ4n) is 2.07. The van der Waals surface area contributed by atoms with Crippen LogP contribution in [0.1, 0.15) is 0 Å². The summed E-state index contributed by atoms with van der Waals surface area (Å²) in [6, 6.07) is 9.73. The Morgan fingerprint density at radius 3 is 2.50 bits per heavy atom. The molecule has 0 aliphatic heterocycles. The molecule has 0 fully saturated rings. The monoisotopic (exact) mass is 289 g/mol. The van der Waals surface area contributed by atoms with Crippen LogP contribution in [0.2, 0.25) is 0 Å². The first-order valence-corrected chi connectivity index (χ1v) is 6.72. The predicted octanol–water partition coefficient (Wildman–Crippen LogP) is 2.98. The minimum absolute atomic E-state index is 0.304. The van der Waals surface area contributed by atoms with E-state index in [9.17, 15) is 0 Å². The summed E-state index contributed by atoms with van der Waals surface area (Å²) in [5.41, 5.74) is 2.39. The smallest absolute Gasteiger partial charge is 0.321 e. The summed E-state index contributed by atoms with van der Waals surface area (Å²) in [5.74, 6) is 0.702. The number of benzene rings is 1. The van der Waals surface area contributed by atoms with E-state index in [0.717, 1.165) is 16.9 Å². The van der Waals surface area contributed by atoms with Gasteiger partial charge in [-0.05, 0) is 12.1 Å². The molecule has 0 saturated heterocycles. The van der Waals surface area contributed by atoms with E-state index >= 15 is 0 Å². The van der Waals surface area contributed by atoms with Crippen molar-refractivity contribution in [1.29, 1.82) is 0 Å². The van der Waals surface area contributed by atoms with Crippen molar-refractivity contribution < 1.29 is 4.74 Å². The summed E-state index contributed by atoms with van der Waals surface area (Å²) in [5, 5.41) is 0. The predicted molar refractivity (Wildman–Crippen MR) is 80.5 cm³/mol. The van der Waals surface area contributed by atoms with Gasteiger partial charge in [0.15, 0.2) is 5.65 Å². The zero-order chi connectivity index (χ0) is 14.8. The molecule has 6 heteroatoms. The van der Waals surface area contributed by atoms with Gasteiger partial charge in [-0.25, -0.2) is 15.0 Å². The number of para-hydroxylation sites is 1. The van der Waals surface area contributed by atoms with Crippen LogP contribution in [-0.4, -0.2) is 24.3 Å². The Hall–Kier alpha value is -3.28. The summed E-state index contributed by atoms with van der Waals surface area (Å²) in [4.78, 5) is 17.0. The quantitative estimate of drug-likeness (QED) is 0.580. The SMILES string of the molecule is c1ccc(Oc2ncc(-c3cn4ccnc4cn3)cn2)cc1. The van der Waals surface area contributed by atoms with Gasteiger partial charge in [-0.15, -0.1) is 0 Å². The van der Waals surface area contributed by atoms with Gasteiger partial charge in [0, 0.05) is 36.5 Å². The van der Waals surface area contributed by atoms with Crippen LogP contribution in [0.4, 0.5) is 0 Å². The van der Waals surface area contributed by atoms with Crippen molar-refractivity contribution in [3.8, 4) is 23.0 Å². The molecule has 0 aliphatic carbocycles. The molecule has 3 aromatic heterocycles. The Bertz CT molecular complexity index is 903. The number of fused-ring (bicyclic) bond motifs is 1. The molecule has 0 amide bonds. The highest BCUT2D eigenvalue weighted by molar-refractivity contribution is 5.57. The van der Waals surface area contributed by atoms with Crippen LogP contribution in [0.3, 0.4) is 0 Å². The number of hydrogen-bond donors (Lipinski definition) is 0. The Kier molecular flexibility index (Phi) is 2.97. The van der Waals surface area contributed by atoms with E-state index in [-0.39, 0.29) is 0 Å². The number of ether oxygens (including phenoxy) is 1. The zero-order valence-corrected chi connectivity index (χ0v) is 11.5. The summed E-state index contributed by atoms with van der Waals surface area (Å²) in [6.07, 6.45) is 10.6. The van der Waals surface area contributed by atoms with E-state index in [1.807, 2.05) is 47.1 Å². The van der Waals surface area contributed by atoms with Gasteiger partial charge in [0.1, 0.15) is 5.75 Å². The Labute approximate surface area is 126 Å². The van der Waals surface area contributed by atoms with Crippen LogP contribution in [0.25, 0.3) is 16.9 Å². The first-order valence-electron chi connectivity index (χ1n) is 6.72. The molecule has 0 radical (unpaired) electrons. The summed E-state index contributed by atoms with van der Waals surface area (Å²) in [7, 11) is 0. The number of nitrogens with zero attached hydrogens (tertiary/aromatic N) is 5. The van der Waals surface area contributed by atoms with Crippen LogP contribution in [-0.2, 0) is 0 Å². The Morgan fingerprint density at radius 1 is 0.864 bits per heavy atom. The van der Waals surface area contributed by atoms with Crippen LogP contribution >= 0.6 is 0 Å². The minimum Gasteiger partial charge on any atom is -0.424 e. The molecule has 0 N–H and O–H groups in total. The molecule has 106 valence electrons. The third-order valence-corrected chi connectivity index (χ3v) is 3.16. The molecule has 1 aromatic carbocycles. The largest absolute Gasteiger partial charge is 0.424 e. The second kappa shape index (κ2) is 5.25.